The summed E-state index contributed by atoms with van der Waals surface area (Å²) in [7, 11) is 1.25. The Kier molecular flexibility index (Phi) is 14.7. The lowest BCUT2D eigenvalue weighted by Gasteiger charge is -2.36. The van der Waals surface area contributed by atoms with Crippen LogP contribution in [0, 0.1) is 5.92 Å². The monoisotopic (exact) mass is 753 g/mol. The summed E-state index contributed by atoms with van der Waals surface area (Å²) in [6.07, 6.45) is -0.184. The van der Waals surface area contributed by atoms with Crippen molar-refractivity contribution in [3.05, 3.63) is 138 Å². The molecule has 0 unspecified atom stereocenters. The number of hydrogen-bond donors (Lipinski definition) is 4. The van der Waals surface area contributed by atoms with Crippen LogP contribution in [-0.2, 0) is 35.0 Å². The Morgan fingerprint density at radius 1 is 0.704 bits per heavy atom. The van der Waals surface area contributed by atoms with Gasteiger partial charge in [0.15, 0.2) is 0 Å². The van der Waals surface area contributed by atoms with E-state index in [1.807, 2.05) is 105 Å². The number of nitrogens with one attached hydrogen (secondary N) is 3. The molecule has 11 heteroatoms. The number of alkyl carbamates (subject to hydrolysis) is 1. The highest BCUT2D eigenvalue weighted by Gasteiger charge is 2.40. The molecule has 3 amide bonds. The maximum absolute atomic E-state index is 14.5. The molecule has 286 valence electrons. The highest BCUT2D eigenvalue weighted by atomic mass is 32.2. The zero-order valence-electron chi connectivity index (χ0n) is 31.7. The summed E-state index contributed by atoms with van der Waals surface area (Å²) in [6, 6.07) is 32.8. The zero-order chi connectivity index (χ0) is 39.3. The lowest BCUT2D eigenvalue weighted by atomic mass is 9.84. The predicted octanol–water partition coefficient (Wildman–Crippen LogP) is 6.74. The number of carbonyl (C=O) groups is 4. The van der Waals surface area contributed by atoms with E-state index in [-0.39, 0.29) is 23.8 Å². The van der Waals surface area contributed by atoms with Crippen molar-refractivity contribution in [1.29, 1.82) is 0 Å². The summed E-state index contributed by atoms with van der Waals surface area (Å²) >= 11 is 1.47. The van der Waals surface area contributed by atoms with Crippen molar-refractivity contribution in [2.24, 2.45) is 5.92 Å². The number of phenolic OH excluding ortho intramolecular Hbond substituents is 1. The number of thioether (sulfide) groups is 1. The van der Waals surface area contributed by atoms with E-state index in [9.17, 15) is 24.3 Å². The summed E-state index contributed by atoms with van der Waals surface area (Å²) in [4.78, 5) is 54.6. The first kappa shape index (κ1) is 41.5. The van der Waals surface area contributed by atoms with Crippen LogP contribution in [0.25, 0.3) is 0 Å². The third-order valence-corrected chi connectivity index (χ3v) is 10.6. The summed E-state index contributed by atoms with van der Waals surface area (Å²) < 4.78 is 9.78. The van der Waals surface area contributed by atoms with Gasteiger partial charge in [0.05, 0.1) is 11.9 Å². The number of ether oxygens (including phenoxy) is 2. The number of amides is 3. The first-order chi connectivity index (χ1) is 25.8. The quantitative estimate of drug-likeness (QED) is 0.0728. The normalized spacial score (nSPS) is 13.7. The van der Waals surface area contributed by atoms with Gasteiger partial charge < -0.3 is 30.5 Å². The Bertz CT molecular complexity index is 1720. The third-order valence-electron chi connectivity index (χ3n) is 8.99. The number of benzene rings is 4. The van der Waals surface area contributed by atoms with Gasteiger partial charge in [-0.15, -0.1) is 11.8 Å². The number of rotatable bonds is 16. The molecule has 4 aromatic rings. The lowest BCUT2D eigenvalue weighted by molar-refractivity contribution is -0.147. The molecule has 0 radical (unpaired) electrons. The van der Waals surface area contributed by atoms with Gasteiger partial charge in [-0.25, -0.2) is 9.59 Å². The molecule has 0 fully saturated rings. The van der Waals surface area contributed by atoms with Gasteiger partial charge in [-0.1, -0.05) is 123 Å². The first-order valence-electron chi connectivity index (χ1n) is 18.0. The fourth-order valence-electron chi connectivity index (χ4n) is 6.01. The number of phenols is 1. The highest BCUT2D eigenvalue weighted by molar-refractivity contribution is 8.00. The van der Waals surface area contributed by atoms with Crippen LogP contribution >= 0.6 is 11.8 Å². The second-order valence-corrected chi connectivity index (χ2v) is 15.4. The Balaban J connectivity index is 1.75. The molecule has 4 rings (SSSR count). The molecular weight excluding hydrogens is 703 g/mol. The second-order valence-electron chi connectivity index (χ2n) is 14.1. The van der Waals surface area contributed by atoms with Crippen LogP contribution in [0.15, 0.2) is 115 Å². The van der Waals surface area contributed by atoms with Crippen LogP contribution in [0.1, 0.15) is 63.3 Å². The largest absolute Gasteiger partial charge is 0.508 e. The molecule has 0 saturated carbocycles. The van der Waals surface area contributed by atoms with E-state index in [1.54, 1.807) is 32.9 Å². The van der Waals surface area contributed by atoms with Crippen molar-refractivity contribution in [3.63, 3.8) is 0 Å². The summed E-state index contributed by atoms with van der Waals surface area (Å²) in [5, 5.41) is 18.3. The van der Waals surface area contributed by atoms with Gasteiger partial charge in [-0.3, -0.25) is 9.59 Å². The molecule has 0 aliphatic rings. The maximum Gasteiger partial charge on any atom is 0.408 e. The number of esters is 1. The van der Waals surface area contributed by atoms with Crippen LogP contribution in [0.2, 0.25) is 0 Å². The molecule has 0 bridgehead atoms. The molecule has 0 aromatic heterocycles. The van der Waals surface area contributed by atoms with Crippen LogP contribution in [0.3, 0.4) is 0 Å². The third kappa shape index (κ3) is 11.1. The molecule has 0 aliphatic heterocycles. The fraction of sp³-hybridized carbons (Fsp3) is 0.349. The van der Waals surface area contributed by atoms with Gasteiger partial charge in [-0.05, 0) is 61.1 Å². The van der Waals surface area contributed by atoms with Gasteiger partial charge in [0.2, 0.25) is 11.8 Å². The number of carbonyl (C=O) groups excluding carboxylic acids is 4. The molecule has 4 N–H and O–H groups in total. The van der Waals surface area contributed by atoms with Gasteiger partial charge in [0.1, 0.15) is 29.5 Å². The standard InChI is InChI=1S/C43H51N3O7S/c1-7-29(2)37(40(50)52-6)46-38(48)35(27-30-23-25-34(47)26-24-30)44-39(49)36(45-41(51)53-42(3,4)5)28-54-43(31-17-11-8-12-18-31,32-19-13-9-14-20-32)33-21-15-10-16-22-33/h8-26,29,35-37,47H,7,27-28H2,1-6H3,(H,44,49)(H,45,51)(H,46,48)/t29-,35-,36-,37-/m0/s1. The minimum Gasteiger partial charge on any atom is -0.508 e. The lowest BCUT2D eigenvalue weighted by Crippen LogP contribution is -2.58. The topological polar surface area (TPSA) is 143 Å². The van der Waals surface area contributed by atoms with Crippen molar-refractivity contribution in [1.82, 2.24) is 16.0 Å². The molecule has 4 atom stereocenters. The smallest absolute Gasteiger partial charge is 0.408 e. The molecule has 4 aromatic carbocycles. The number of hydrogen-bond acceptors (Lipinski definition) is 8. The van der Waals surface area contributed by atoms with E-state index < -0.39 is 52.4 Å². The first-order valence-corrected chi connectivity index (χ1v) is 19.0. The molecule has 0 heterocycles. The van der Waals surface area contributed by atoms with Crippen molar-refractivity contribution < 1.29 is 33.8 Å². The van der Waals surface area contributed by atoms with Gasteiger partial charge >= 0.3 is 12.1 Å². The van der Waals surface area contributed by atoms with E-state index in [1.165, 1.54) is 31.0 Å². The summed E-state index contributed by atoms with van der Waals surface area (Å²) in [6.45, 7) is 8.91. The molecule has 0 aliphatic carbocycles. The Hall–Kier alpha value is -5.29. The predicted molar refractivity (Wildman–Crippen MR) is 212 cm³/mol. The van der Waals surface area contributed by atoms with Crippen molar-refractivity contribution in [2.75, 3.05) is 12.9 Å². The van der Waals surface area contributed by atoms with Crippen LogP contribution < -0.4 is 16.0 Å². The van der Waals surface area contributed by atoms with Crippen LogP contribution in [-0.4, -0.2) is 65.6 Å². The molecule has 54 heavy (non-hydrogen) atoms. The van der Waals surface area contributed by atoms with Crippen LogP contribution in [0.4, 0.5) is 4.79 Å². The number of methoxy groups -OCH3 is 1. The Labute approximate surface area is 322 Å². The Morgan fingerprint density at radius 3 is 1.63 bits per heavy atom. The van der Waals surface area contributed by atoms with Gasteiger partial charge in [0.25, 0.3) is 0 Å². The average Bonchev–Trinajstić information content (AvgIpc) is 3.17. The summed E-state index contributed by atoms with van der Waals surface area (Å²) in [5.41, 5.74) is 2.70. The van der Waals surface area contributed by atoms with Crippen molar-refractivity contribution >= 4 is 35.6 Å². The second kappa shape index (κ2) is 19.2. The van der Waals surface area contributed by atoms with Gasteiger partial charge in [0, 0.05) is 12.2 Å². The van der Waals surface area contributed by atoms with E-state index in [0.29, 0.717) is 12.0 Å². The average molecular weight is 754 g/mol. The zero-order valence-corrected chi connectivity index (χ0v) is 32.5. The van der Waals surface area contributed by atoms with Crippen LogP contribution in [0.5, 0.6) is 5.75 Å². The molecule has 0 saturated heterocycles. The minimum absolute atomic E-state index is 0.0283. The van der Waals surface area contributed by atoms with Crippen molar-refractivity contribution in [3.8, 4) is 5.75 Å². The highest BCUT2D eigenvalue weighted by Crippen LogP contribution is 2.48. The Morgan fingerprint density at radius 2 is 1.19 bits per heavy atom. The maximum atomic E-state index is 14.5. The van der Waals surface area contributed by atoms with E-state index in [4.69, 9.17) is 9.47 Å². The van der Waals surface area contributed by atoms with E-state index in [0.717, 1.165) is 16.7 Å². The number of aromatic hydroxyl groups is 1. The summed E-state index contributed by atoms with van der Waals surface area (Å²) in [5.74, 6) is -1.99. The fourth-order valence-corrected chi connectivity index (χ4v) is 7.57. The van der Waals surface area contributed by atoms with E-state index in [2.05, 4.69) is 16.0 Å². The van der Waals surface area contributed by atoms with E-state index >= 15 is 0 Å². The van der Waals surface area contributed by atoms with Crippen molar-refractivity contribution in [2.45, 2.75) is 75.9 Å². The van der Waals surface area contributed by atoms with Gasteiger partial charge in [-0.2, -0.15) is 0 Å². The molecular formula is C43H51N3O7S. The molecule has 0 spiro atoms. The SMILES string of the molecule is CC[C@H](C)[C@H](NC(=O)[C@H](Cc1ccc(O)cc1)NC(=O)[C@H](CSC(c1ccccc1)(c1ccccc1)c1ccccc1)NC(=O)OC(C)(C)C)C(=O)OC. The molecule has 10 nitrogen and oxygen atoms in total. The minimum atomic E-state index is -1.18.